The van der Waals surface area contributed by atoms with Crippen LogP contribution in [0.2, 0.25) is 0 Å². The van der Waals surface area contributed by atoms with Crippen LogP contribution in [0.5, 0.6) is 0 Å². The lowest BCUT2D eigenvalue weighted by molar-refractivity contribution is -0.119. The monoisotopic (exact) mass is 290 g/mol. The van der Waals surface area contributed by atoms with E-state index in [9.17, 15) is 14.4 Å². The highest BCUT2D eigenvalue weighted by molar-refractivity contribution is 5.95. The minimum atomic E-state index is -0.183. The first-order valence-electron chi connectivity index (χ1n) is 7.09. The molecule has 2 unspecified atom stereocenters. The maximum Gasteiger partial charge on any atom is 0.251 e. The maximum atomic E-state index is 12.1. The topological polar surface area (TPSA) is 75.3 Å². The molecular weight excluding hydrogens is 268 g/mol. The number of aldehydes is 1. The van der Waals surface area contributed by atoms with Gasteiger partial charge in [0.1, 0.15) is 6.29 Å². The molecule has 5 heteroatoms. The third kappa shape index (κ3) is 5.77. The van der Waals surface area contributed by atoms with Crippen LogP contribution in [0.4, 0.5) is 0 Å². The zero-order valence-corrected chi connectivity index (χ0v) is 12.7. The van der Waals surface area contributed by atoms with E-state index in [4.69, 9.17) is 0 Å². The van der Waals surface area contributed by atoms with E-state index in [-0.39, 0.29) is 23.9 Å². The number of carbonyl (C=O) groups is 3. The molecule has 0 aliphatic heterocycles. The van der Waals surface area contributed by atoms with Gasteiger partial charge in [0.15, 0.2) is 0 Å². The van der Waals surface area contributed by atoms with Crippen molar-refractivity contribution in [3.05, 3.63) is 35.4 Å². The molecule has 2 N–H and O–H groups in total. The zero-order chi connectivity index (χ0) is 15.8. The molecule has 0 fully saturated rings. The van der Waals surface area contributed by atoms with Crippen molar-refractivity contribution in [2.24, 2.45) is 0 Å². The van der Waals surface area contributed by atoms with E-state index >= 15 is 0 Å². The molecule has 0 aromatic heterocycles. The summed E-state index contributed by atoms with van der Waals surface area (Å²) >= 11 is 0. The molecule has 0 saturated heterocycles. The van der Waals surface area contributed by atoms with Gasteiger partial charge in [-0.05, 0) is 31.9 Å². The quantitative estimate of drug-likeness (QED) is 0.753. The molecule has 1 aromatic rings. The van der Waals surface area contributed by atoms with Crippen LogP contribution >= 0.6 is 0 Å². The lowest BCUT2D eigenvalue weighted by Crippen LogP contribution is -2.40. The van der Waals surface area contributed by atoms with Crippen molar-refractivity contribution < 1.29 is 14.4 Å². The fraction of sp³-hybridized carbons (Fsp3) is 0.438. The van der Waals surface area contributed by atoms with Crippen LogP contribution < -0.4 is 10.6 Å². The Morgan fingerprint density at radius 3 is 2.29 bits per heavy atom. The Kier molecular flexibility index (Phi) is 6.59. The second kappa shape index (κ2) is 8.19. The molecule has 2 amide bonds. The number of nitrogens with one attached hydrogen (secondary N) is 2. The van der Waals surface area contributed by atoms with Gasteiger partial charge in [0.25, 0.3) is 5.91 Å². The Balaban J connectivity index is 2.56. The highest BCUT2D eigenvalue weighted by Crippen LogP contribution is 2.06. The molecule has 1 aromatic carbocycles. The number of rotatable bonds is 7. The lowest BCUT2D eigenvalue weighted by Gasteiger charge is -2.21. The van der Waals surface area contributed by atoms with Crippen LogP contribution in [0.1, 0.15) is 54.3 Å². The van der Waals surface area contributed by atoms with Crippen LogP contribution in [0.15, 0.2) is 24.3 Å². The molecule has 0 heterocycles. The van der Waals surface area contributed by atoms with Crippen LogP contribution in [-0.2, 0) is 4.79 Å². The minimum Gasteiger partial charge on any atom is -0.354 e. The third-order valence-electron chi connectivity index (χ3n) is 3.22. The smallest absolute Gasteiger partial charge is 0.251 e. The van der Waals surface area contributed by atoms with Gasteiger partial charge < -0.3 is 10.6 Å². The molecule has 21 heavy (non-hydrogen) atoms. The first kappa shape index (κ1) is 16.9. The summed E-state index contributed by atoms with van der Waals surface area (Å²) in [4.78, 5) is 33.7. The van der Waals surface area contributed by atoms with E-state index in [1.165, 1.54) is 6.92 Å². The molecule has 1 rings (SSSR count). The molecule has 0 bridgehead atoms. The maximum absolute atomic E-state index is 12.1. The Morgan fingerprint density at radius 2 is 1.81 bits per heavy atom. The van der Waals surface area contributed by atoms with Crippen molar-refractivity contribution in [3.8, 4) is 0 Å². The highest BCUT2D eigenvalue weighted by atomic mass is 16.2. The molecule has 5 nitrogen and oxygen atoms in total. The van der Waals surface area contributed by atoms with Crippen LogP contribution in [0.3, 0.4) is 0 Å². The Morgan fingerprint density at radius 1 is 1.19 bits per heavy atom. The molecule has 0 aliphatic carbocycles. The summed E-state index contributed by atoms with van der Waals surface area (Å²) in [5.74, 6) is -0.248. The van der Waals surface area contributed by atoms with Gasteiger partial charge in [0.05, 0.1) is 0 Å². The molecule has 114 valence electrons. The zero-order valence-electron chi connectivity index (χ0n) is 12.7. The number of benzene rings is 1. The van der Waals surface area contributed by atoms with Crippen molar-refractivity contribution in [1.82, 2.24) is 10.6 Å². The summed E-state index contributed by atoms with van der Waals surface area (Å²) in [6.45, 7) is 5.38. The van der Waals surface area contributed by atoms with Gasteiger partial charge in [-0.2, -0.15) is 0 Å². The van der Waals surface area contributed by atoms with Gasteiger partial charge in [-0.3, -0.25) is 14.4 Å². The van der Waals surface area contributed by atoms with Crippen LogP contribution in [-0.4, -0.2) is 30.2 Å². The number of hydrogen-bond donors (Lipinski definition) is 2. The molecule has 0 radical (unpaired) electrons. The van der Waals surface area contributed by atoms with Gasteiger partial charge in [-0.15, -0.1) is 0 Å². The third-order valence-corrected chi connectivity index (χ3v) is 3.22. The second-order valence-corrected chi connectivity index (χ2v) is 5.16. The summed E-state index contributed by atoms with van der Waals surface area (Å²) in [5.41, 5.74) is 1.05. The van der Waals surface area contributed by atoms with Gasteiger partial charge in [0.2, 0.25) is 5.91 Å². The Hall–Kier alpha value is -2.17. The van der Waals surface area contributed by atoms with E-state index in [0.717, 1.165) is 12.7 Å². The Bertz CT molecular complexity index is 497. The summed E-state index contributed by atoms with van der Waals surface area (Å²) in [7, 11) is 0. The van der Waals surface area contributed by atoms with Crippen molar-refractivity contribution in [1.29, 1.82) is 0 Å². The Labute approximate surface area is 125 Å². The molecule has 0 aliphatic rings. The van der Waals surface area contributed by atoms with E-state index in [1.807, 2.05) is 13.8 Å². The van der Waals surface area contributed by atoms with Crippen LogP contribution in [0.25, 0.3) is 0 Å². The standard InChI is InChI=1S/C16H22N2O3/c1-4-15(18-12(3)20)9-11(2)17-16(21)14-7-5-13(10-19)6-8-14/h5-8,10-11,15H,4,9H2,1-3H3,(H,17,21)(H,18,20). The first-order valence-corrected chi connectivity index (χ1v) is 7.09. The van der Waals surface area contributed by atoms with Gasteiger partial charge >= 0.3 is 0 Å². The lowest BCUT2D eigenvalue weighted by atomic mass is 10.1. The summed E-state index contributed by atoms with van der Waals surface area (Å²) in [6, 6.07) is 6.46. The van der Waals surface area contributed by atoms with Gasteiger partial charge in [-0.25, -0.2) is 0 Å². The summed E-state index contributed by atoms with van der Waals surface area (Å²) in [6.07, 6.45) is 2.23. The number of carbonyl (C=O) groups excluding carboxylic acids is 3. The van der Waals surface area contributed by atoms with Crippen molar-refractivity contribution in [3.63, 3.8) is 0 Å². The average molecular weight is 290 g/mol. The fourth-order valence-corrected chi connectivity index (χ4v) is 2.12. The van der Waals surface area contributed by atoms with Crippen molar-refractivity contribution in [2.75, 3.05) is 0 Å². The largest absolute Gasteiger partial charge is 0.354 e. The SMILES string of the molecule is CCC(CC(C)NC(=O)c1ccc(C=O)cc1)NC(C)=O. The molecule has 0 saturated carbocycles. The minimum absolute atomic E-state index is 0.0511. The predicted octanol–water partition coefficient (Wildman–Crippen LogP) is 1.92. The second-order valence-electron chi connectivity index (χ2n) is 5.16. The van der Waals surface area contributed by atoms with Gasteiger partial charge in [-0.1, -0.05) is 19.1 Å². The van der Waals surface area contributed by atoms with E-state index in [1.54, 1.807) is 24.3 Å². The summed E-state index contributed by atoms with van der Waals surface area (Å²) in [5, 5.41) is 5.75. The molecular formula is C16H22N2O3. The van der Waals surface area contributed by atoms with E-state index in [0.29, 0.717) is 17.5 Å². The average Bonchev–Trinajstić information content (AvgIpc) is 2.45. The van der Waals surface area contributed by atoms with Crippen molar-refractivity contribution >= 4 is 18.1 Å². The number of hydrogen-bond acceptors (Lipinski definition) is 3. The predicted molar refractivity (Wildman–Crippen MR) is 81.3 cm³/mol. The number of amides is 2. The van der Waals surface area contributed by atoms with E-state index < -0.39 is 0 Å². The molecule has 2 atom stereocenters. The highest BCUT2D eigenvalue weighted by Gasteiger charge is 2.15. The fourth-order valence-electron chi connectivity index (χ4n) is 2.12. The first-order chi connectivity index (χ1) is 9.96. The normalized spacial score (nSPS) is 13.1. The molecule has 0 spiro atoms. The van der Waals surface area contributed by atoms with Gasteiger partial charge in [0, 0.05) is 30.1 Å². The van der Waals surface area contributed by atoms with Crippen LogP contribution in [0, 0.1) is 0 Å². The summed E-state index contributed by atoms with van der Waals surface area (Å²) < 4.78 is 0. The van der Waals surface area contributed by atoms with Crippen molar-refractivity contribution in [2.45, 2.75) is 45.7 Å². The van der Waals surface area contributed by atoms with E-state index in [2.05, 4.69) is 10.6 Å².